The summed E-state index contributed by atoms with van der Waals surface area (Å²) >= 11 is 0. The number of hydrogen-bond donors (Lipinski definition) is 2. The second-order valence-electron chi connectivity index (χ2n) is 4.30. The van der Waals surface area contributed by atoms with Crippen LogP contribution in [0, 0.1) is 12.7 Å². The third kappa shape index (κ3) is 1.77. The van der Waals surface area contributed by atoms with E-state index in [1.54, 1.807) is 6.92 Å². The molecule has 0 aliphatic rings. The van der Waals surface area contributed by atoms with Crippen LogP contribution in [0.1, 0.15) is 5.69 Å². The smallest absolute Gasteiger partial charge is 0.284 e. The number of nitrogens with zero attached hydrogens (tertiary/aromatic N) is 1. The van der Waals surface area contributed by atoms with Crippen LogP contribution >= 0.6 is 0 Å². The molecule has 5 nitrogen and oxygen atoms in total. The Morgan fingerprint density at radius 1 is 1.16 bits per heavy atom. The highest BCUT2D eigenvalue weighted by Gasteiger charge is 2.12. The van der Waals surface area contributed by atoms with E-state index in [0.29, 0.717) is 17.0 Å². The number of nitrogens with one attached hydrogen (secondary N) is 2. The third-order valence-corrected chi connectivity index (χ3v) is 2.89. The standard InChI is InChI=1S/C13H10FN3O2/c1-7-6-10(18)11-12(15-7)16-17(13(11)19)9-4-2-8(14)3-5-9/h2-6H,1H3,(H2,15,16,18). The molecule has 0 saturated heterocycles. The molecule has 0 spiro atoms. The summed E-state index contributed by atoms with van der Waals surface area (Å²) in [5, 5.41) is 2.87. The van der Waals surface area contributed by atoms with Crippen LogP contribution < -0.4 is 11.0 Å². The van der Waals surface area contributed by atoms with Crippen molar-refractivity contribution in [3.05, 3.63) is 62.4 Å². The van der Waals surface area contributed by atoms with Crippen molar-refractivity contribution in [1.29, 1.82) is 0 Å². The Hall–Kier alpha value is -2.63. The Morgan fingerprint density at radius 3 is 2.53 bits per heavy atom. The number of hydrogen-bond acceptors (Lipinski definition) is 2. The van der Waals surface area contributed by atoms with Crippen molar-refractivity contribution in [1.82, 2.24) is 14.8 Å². The molecule has 0 fully saturated rings. The number of aromatic nitrogens is 3. The molecule has 0 amide bonds. The molecular weight excluding hydrogens is 249 g/mol. The lowest BCUT2D eigenvalue weighted by atomic mass is 10.3. The largest absolute Gasteiger partial charge is 0.344 e. The molecule has 96 valence electrons. The highest BCUT2D eigenvalue weighted by molar-refractivity contribution is 5.74. The molecule has 0 unspecified atom stereocenters. The summed E-state index contributed by atoms with van der Waals surface area (Å²) in [6.07, 6.45) is 0. The van der Waals surface area contributed by atoms with Crippen molar-refractivity contribution in [3.63, 3.8) is 0 Å². The molecule has 2 aromatic heterocycles. The van der Waals surface area contributed by atoms with E-state index < -0.39 is 5.56 Å². The van der Waals surface area contributed by atoms with Gasteiger partial charge in [-0.3, -0.25) is 14.7 Å². The SMILES string of the molecule is Cc1cc(=O)c2c(=O)n(-c3ccc(F)cc3)[nH]c2[nH]1. The van der Waals surface area contributed by atoms with E-state index >= 15 is 0 Å². The van der Waals surface area contributed by atoms with Crippen LogP contribution in [-0.2, 0) is 0 Å². The minimum Gasteiger partial charge on any atom is -0.344 e. The zero-order valence-electron chi connectivity index (χ0n) is 10.0. The maximum Gasteiger partial charge on any atom is 0.284 e. The fraction of sp³-hybridized carbons (Fsp3) is 0.0769. The van der Waals surface area contributed by atoms with Gasteiger partial charge in [-0.15, -0.1) is 0 Å². The van der Waals surface area contributed by atoms with Gasteiger partial charge in [0.25, 0.3) is 5.56 Å². The zero-order chi connectivity index (χ0) is 13.6. The van der Waals surface area contributed by atoms with Crippen LogP contribution in [0.15, 0.2) is 39.9 Å². The summed E-state index contributed by atoms with van der Waals surface area (Å²) in [5.74, 6) is -0.389. The van der Waals surface area contributed by atoms with Crippen LogP contribution in [0.4, 0.5) is 4.39 Å². The quantitative estimate of drug-likeness (QED) is 0.694. The Balaban J connectivity index is 2.35. The van der Waals surface area contributed by atoms with Crippen molar-refractivity contribution in [2.75, 3.05) is 0 Å². The van der Waals surface area contributed by atoms with Gasteiger partial charge in [-0.2, -0.15) is 0 Å². The Morgan fingerprint density at radius 2 is 1.84 bits per heavy atom. The monoisotopic (exact) mass is 259 g/mol. The van der Waals surface area contributed by atoms with E-state index in [-0.39, 0.29) is 16.6 Å². The average molecular weight is 259 g/mol. The van der Waals surface area contributed by atoms with Crippen molar-refractivity contribution in [3.8, 4) is 5.69 Å². The van der Waals surface area contributed by atoms with Crippen LogP contribution in [0.5, 0.6) is 0 Å². The first kappa shape index (κ1) is 11.5. The predicted octanol–water partition coefficient (Wildman–Crippen LogP) is 1.45. The topological polar surface area (TPSA) is 70.7 Å². The number of H-pyrrole nitrogens is 2. The Kier molecular flexibility index (Phi) is 2.38. The first-order valence-electron chi connectivity index (χ1n) is 5.67. The van der Waals surface area contributed by atoms with Gasteiger partial charge in [-0.1, -0.05) is 0 Å². The van der Waals surface area contributed by atoms with E-state index in [1.165, 1.54) is 35.0 Å². The average Bonchev–Trinajstić information content (AvgIpc) is 2.67. The van der Waals surface area contributed by atoms with Gasteiger partial charge in [0.15, 0.2) is 5.43 Å². The van der Waals surface area contributed by atoms with Crippen molar-refractivity contribution < 1.29 is 4.39 Å². The maximum absolute atomic E-state index is 12.9. The molecule has 6 heteroatoms. The number of pyridine rings is 1. The maximum atomic E-state index is 12.9. The van der Waals surface area contributed by atoms with E-state index in [0.717, 1.165) is 0 Å². The molecule has 0 radical (unpaired) electrons. The molecule has 1 aromatic carbocycles. The van der Waals surface area contributed by atoms with Gasteiger partial charge in [0.1, 0.15) is 16.9 Å². The summed E-state index contributed by atoms with van der Waals surface area (Å²) in [4.78, 5) is 26.9. The molecule has 0 atom stereocenters. The molecular formula is C13H10FN3O2. The van der Waals surface area contributed by atoms with Crippen LogP contribution in [0.3, 0.4) is 0 Å². The lowest BCUT2D eigenvalue weighted by Crippen LogP contribution is -2.18. The fourth-order valence-corrected chi connectivity index (χ4v) is 2.03. The Bertz CT molecular complexity index is 872. The lowest BCUT2D eigenvalue weighted by molar-refractivity contribution is 0.627. The normalized spacial score (nSPS) is 11.1. The molecule has 19 heavy (non-hydrogen) atoms. The Labute approximate surface area is 106 Å². The second-order valence-corrected chi connectivity index (χ2v) is 4.30. The van der Waals surface area contributed by atoms with E-state index in [4.69, 9.17) is 0 Å². The molecule has 0 aliphatic heterocycles. The van der Waals surface area contributed by atoms with Crippen molar-refractivity contribution >= 4 is 11.0 Å². The summed E-state index contributed by atoms with van der Waals surface area (Å²) in [7, 11) is 0. The van der Waals surface area contributed by atoms with Gasteiger partial charge in [0.05, 0.1) is 5.69 Å². The molecule has 3 rings (SSSR count). The number of benzene rings is 1. The van der Waals surface area contributed by atoms with Crippen molar-refractivity contribution in [2.24, 2.45) is 0 Å². The first-order valence-corrected chi connectivity index (χ1v) is 5.67. The number of rotatable bonds is 1. The number of fused-ring (bicyclic) bond motifs is 1. The minimum absolute atomic E-state index is 0.0647. The molecule has 2 N–H and O–H groups in total. The highest BCUT2D eigenvalue weighted by Crippen LogP contribution is 2.08. The number of halogens is 1. The van der Waals surface area contributed by atoms with Gasteiger partial charge in [-0.25, -0.2) is 9.07 Å². The summed E-state index contributed by atoms with van der Waals surface area (Å²) in [6, 6.07) is 6.79. The van der Waals surface area contributed by atoms with Gasteiger partial charge in [0.2, 0.25) is 0 Å². The van der Waals surface area contributed by atoms with Gasteiger partial charge < -0.3 is 4.98 Å². The van der Waals surface area contributed by atoms with E-state index in [9.17, 15) is 14.0 Å². The van der Waals surface area contributed by atoms with Crippen molar-refractivity contribution in [2.45, 2.75) is 6.92 Å². The first-order chi connectivity index (χ1) is 9.06. The number of aromatic amines is 2. The fourth-order valence-electron chi connectivity index (χ4n) is 2.03. The van der Waals surface area contributed by atoms with E-state index in [1.807, 2.05) is 0 Å². The molecule has 0 bridgehead atoms. The van der Waals surface area contributed by atoms with Gasteiger partial charge >= 0.3 is 0 Å². The van der Waals surface area contributed by atoms with Crippen LogP contribution in [0.25, 0.3) is 16.7 Å². The second kappa shape index (κ2) is 3.94. The number of aryl methyl sites for hydroxylation is 1. The van der Waals surface area contributed by atoms with E-state index in [2.05, 4.69) is 10.1 Å². The predicted molar refractivity (Wildman–Crippen MR) is 69.2 cm³/mol. The molecule has 0 aliphatic carbocycles. The molecule has 2 heterocycles. The highest BCUT2D eigenvalue weighted by atomic mass is 19.1. The summed E-state index contributed by atoms with van der Waals surface area (Å²) in [5.41, 5.74) is 0.689. The van der Waals surface area contributed by atoms with Gasteiger partial charge in [-0.05, 0) is 31.2 Å². The minimum atomic E-state index is -0.456. The third-order valence-electron chi connectivity index (χ3n) is 2.89. The van der Waals surface area contributed by atoms with Gasteiger partial charge in [0, 0.05) is 11.8 Å². The summed E-state index contributed by atoms with van der Waals surface area (Å²) < 4.78 is 14.1. The summed E-state index contributed by atoms with van der Waals surface area (Å²) in [6.45, 7) is 1.73. The van der Waals surface area contributed by atoms with Crippen LogP contribution in [0.2, 0.25) is 0 Å². The zero-order valence-corrected chi connectivity index (χ0v) is 10.0. The lowest BCUT2D eigenvalue weighted by Gasteiger charge is -1.99. The van der Waals surface area contributed by atoms with Crippen LogP contribution in [-0.4, -0.2) is 14.8 Å². The molecule has 0 saturated carbocycles. The molecule has 3 aromatic rings.